The molecule has 5 aromatic rings. The number of hydrogen-bond donors (Lipinski definition) is 3. The number of rotatable bonds is 24. The zero-order valence-electron chi connectivity index (χ0n) is 42.8. The number of nitrogens with zero attached hydrogens (tertiary/aromatic N) is 3. The molecule has 13 nitrogen and oxygen atoms in total. The number of ether oxygens (including phenoxy) is 5. The lowest BCUT2D eigenvalue weighted by atomic mass is 9.89. The maximum absolute atomic E-state index is 12.5. The van der Waals surface area contributed by atoms with Gasteiger partial charge in [-0.1, -0.05) is 54.6 Å². The Labute approximate surface area is 449 Å². The first kappa shape index (κ1) is 51.2. The van der Waals surface area contributed by atoms with E-state index in [1.54, 1.807) is 0 Å². The van der Waals surface area contributed by atoms with Gasteiger partial charge in [-0.3, -0.25) is 9.59 Å². The van der Waals surface area contributed by atoms with Gasteiger partial charge in [0, 0.05) is 121 Å². The van der Waals surface area contributed by atoms with E-state index >= 15 is 0 Å². The first-order valence-electron chi connectivity index (χ1n) is 27.2. The number of hydrogen-bond acceptors (Lipinski definition) is 12. The van der Waals surface area contributed by atoms with Gasteiger partial charge in [0.1, 0.15) is 30.3 Å². The highest BCUT2D eigenvalue weighted by Gasteiger charge is 2.41. The molecule has 392 valence electrons. The van der Waals surface area contributed by atoms with Gasteiger partial charge < -0.3 is 49.4 Å². The summed E-state index contributed by atoms with van der Waals surface area (Å²) in [4.78, 5) is 32.4. The fourth-order valence-electron chi connectivity index (χ4n) is 11.1. The molecule has 75 heavy (non-hydrogen) atoms. The lowest BCUT2D eigenvalue weighted by molar-refractivity contribution is -0.671. The van der Waals surface area contributed by atoms with Crippen molar-refractivity contribution in [3.63, 3.8) is 0 Å². The van der Waals surface area contributed by atoms with Crippen molar-refractivity contribution in [2.45, 2.75) is 92.8 Å². The molecule has 1 aromatic heterocycles. The molecule has 2 amide bonds. The van der Waals surface area contributed by atoms with Crippen LogP contribution in [0.1, 0.15) is 75.3 Å². The van der Waals surface area contributed by atoms with Gasteiger partial charge in [0.05, 0.1) is 61.4 Å². The van der Waals surface area contributed by atoms with Crippen molar-refractivity contribution < 1.29 is 37.8 Å². The second-order valence-electron chi connectivity index (χ2n) is 19.8. The Hall–Kier alpha value is -5.97. The minimum Gasteiger partial charge on any atom is -0.485 e. The SMILES string of the molecule is O=C(CCCCCN1C=CC2=C3CSc4ccccc4NCCC3Oc3cccc1c32)NCCOCCOCCOCCNC(=O)CCCCC[n+]1ccc2c3c(cccc31)OC1CCN3C(=C21)Sc1ccccc13. The Balaban J connectivity index is 0.497. The second-order valence-corrected chi connectivity index (χ2v) is 21.8. The van der Waals surface area contributed by atoms with Gasteiger partial charge in [0.2, 0.25) is 17.3 Å². The molecule has 2 unspecified atom stereocenters. The van der Waals surface area contributed by atoms with Crippen LogP contribution in [-0.2, 0) is 30.3 Å². The Morgan fingerprint density at radius 1 is 0.707 bits per heavy atom. The Morgan fingerprint density at radius 2 is 1.41 bits per heavy atom. The number of allylic oxidation sites excluding steroid dienone is 2. The molecule has 7 heterocycles. The van der Waals surface area contributed by atoms with E-state index in [1.807, 2.05) is 23.5 Å². The van der Waals surface area contributed by atoms with E-state index < -0.39 is 0 Å². The number of benzene rings is 4. The van der Waals surface area contributed by atoms with E-state index in [-0.39, 0.29) is 24.0 Å². The molecule has 6 aliphatic heterocycles. The van der Waals surface area contributed by atoms with E-state index in [1.165, 1.54) is 70.6 Å². The normalized spacial score (nSPS) is 17.8. The van der Waals surface area contributed by atoms with E-state index in [0.29, 0.717) is 65.6 Å². The van der Waals surface area contributed by atoms with E-state index in [2.05, 4.69) is 140 Å². The van der Waals surface area contributed by atoms with Crippen LogP contribution in [0.25, 0.3) is 22.0 Å². The molecule has 0 radical (unpaired) electrons. The first-order chi connectivity index (χ1) is 37.1. The van der Waals surface area contributed by atoms with Crippen LogP contribution in [0.5, 0.6) is 11.5 Å². The molecular formula is C60H69N6O7S2+. The number of para-hydroxylation sites is 2. The van der Waals surface area contributed by atoms with E-state index in [4.69, 9.17) is 23.7 Å². The van der Waals surface area contributed by atoms with Gasteiger partial charge in [0.25, 0.3) is 0 Å². The zero-order chi connectivity index (χ0) is 50.8. The quantitative estimate of drug-likeness (QED) is 0.0402. The fourth-order valence-corrected chi connectivity index (χ4v) is 13.5. The van der Waals surface area contributed by atoms with Crippen molar-refractivity contribution in [2.75, 3.05) is 93.2 Å². The summed E-state index contributed by atoms with van der Waals surface area (Å²) in [5.41, 5.74) is 11.4. The second kappa shape index (κ2) is 24.8. The molecule has 0 saturated carbocycles. The molecule has 0 spiro atoms. The standard InChI is InChI=1S/C60H68N6O7S2/c67-55(21-3-1-9-30-64-32-24-42-44-41-74-53-19-7-5-13-45(53)61-27-23-49(44)72-50-17-11-15-47(64)57(42)50)62-28-35-69-37-39-71-40-38-70-36-29-63-56(68)22-4-2-10-31-65-33-25-43-58-48(65)16-12-18-51(58)73-52-26-34-66-46-14-6-8-20-54(46)75-60(66)59(43)52/h5-8,11-20,24-25,32-33,49,52,61H,1-4,9-10,21-23,26-31,34-41H2,(H-,62,63,67,68)/p+1. The molecule has 0 bridgehead atoms. The number of anilines is 3. The van der Waals surface area contributed by atoms with Crippen LogP contribution in [0.4, 0.5) is 17.1 Å². The van der Waals surface area contributed by atoms with Crippen LogP contribution >= 0.6 is 23.5 Å². The predicted octanol–water partition coefficient (Wildman–Crippen LogP) is 10.1. The average Bonchev–Trinajstić information content (AvgIpc) is 3.89. The third-order valence-electron chi connectivity index (χ3n) is 14.8. The van der Waals surface area contributed by atoms with Crippen molar-refractivity contribution >= 4 is 74.4 Å². The molecule has 11 rings (SSSR count). The summed E-state index contributed by atoms with van der Waals surface area (Å²) in [7, 11) is 0. The first-order valence-corrected chi connectivity index (χ1v) is 29.0. The monoisotopic (exact) mass is 1050 g/mol. The molecule has 2 atom stereocenters. The number of nitrogens with one attached hydrogen (secondary N) is 3. The number of fused-ring (bicyclic) bond motifs is 7. The van der Waals surface area contributed by atoms with Crippen molar-refractivity contribution in [1.29, 1.82) is 0 Å². The number of aryl methyl sites for hydroxylation is 1. The van der Waals surface area contributed by atoms with Crippen molar-refractivity contribution in [3.8, 4) is 11.5 Å². The highest BCUT2D eigenvalue weighted by atomic mass is 32.2. The minimum atomic E-state index is 0.0547. The van der Waals surface area contributed by atoms with Crippen molar-refractivity contribution in [3.05, 3.63) is 131 Å². The lowest BCUT2D eigenvalue weighted by Crippen LogP contribution is -2.38. The van der Waals surface area contributed by atoms with Gasteiger partial charge in [-0.25, -0.2) is 0 Å². The summed E-state index contributed by atoms with van der Waals surface area (Å²) >= 11 is 3.74. The van der Waals surface area contributed by atoms with E-state index in [9.17, 15) is 9.59 Å². The molecule has 0 fully saturated rings. The summed E-state index contributed by atoms with van der Waals surface area (Å²) in [6.07, 6.45) is 15.4. The molecule has 3 N–H and O–H groups in total. The lowest BCUT2D eigenvalue weighted by Gasteiger charge is -2.37. The summed E-state index contributed by atoms with van der Waals surface area (Å²) in [5, 5.41) is 12.1. The van der Waals surface area contributed by atoms with Crippen LogP contribution in [0.3, 0.4) is 0 Å². The van der Waals surface area contributed by atoms with Crippen LogP contribution < -0.4 is 39.8 Å². The van der Waals surface area contributed by atoms with Crippen LogP contribution in [0.2, 0.25) is 0 Å². The van der Waals surface area contributed by atoms with Crippen molar-refractivity contribution in [1.82, 2.24) is 10.6 Å². The van der Waals surface area contributed by atoms with Gasteiger partial charge in [-0.15, -0.1) is 11.8 Å². The Bertz CT molecular complexity index is 2960. The number of pyridine rings is 1. The maximum Gasteiger partial charge on any atom is 0.220 e. The smallest absolute Gasteiger partial charge is 0.220 e. The molecule has 0 saturated heterocycles. The van der Waals surface area contributed by atoms with Gasteiger partial charge in [-0.2, -0.15) is 4.57 Å². The number of carbonyl (C=O) groups is 2. The Morgan fingerprint density at radius 3 is 2.24 bits per heavy atom. The molecule has 0 aliphatic carbocycles. The average molecular weight is 1050 g/mol. The summed E-state index contributed by atoms with van der Waals surface area (Å²) < 4.78 is 32.6. The number of carbonyl (C=O) groups excluding carboxylic acids is 2. The molecule has 15 heteroatoms. The summed E-state index contributed by atoms with van der Waals surface area (Å²) in [5.74, 6) is 2.95. The third kappa shape index (κ3) is 11.9. The maximum atomic E-state index is 12.5. The topological polar surface area (TPSA) is 127 Å². The van der Waals surface area contributed by atoms with Crippen molar-refractivity contribution in [2.24, 2.45) is 0 Å². The zero-order valence-corrected chi connectivity index (χ0v) is 44.5. The van der Waals surface area contributed by atoms with Crippen LogP contribution in [0, 0.1) is 0 Å². The number of unbranched alkanes of at least 4 members (excludes halogenated alkanes) is 4. The number of aromatic nitrogens is 1. The van der Waals surface area contributed by atoms with Gasteiger partial charge in [-0.05, 0) is 85.4 Å². The highest BCUT2D eigenvalue weighted by Crippen LogP contribution is 2.54. The van der Waals surface area contributed by atoms with Gasteiger partial charge >= 0.3 is 0 Å². The van der Waals surface area contributed by atoms with E-state index in [0.717, 1.165) is 94.8 Å². The third-order valence-corrected chi connectivity index (χ3v) is 17.1. The molecule has 4 aromatic carbocycles. The summed E-state index contributed by atoms with van der Waals surface area (Å²) in [6.45, 7) is 7.22. The Kier molecular flexibility index (Phi) is 16.9. The van der Waals surface area contributed by atoms with Crippen LogP contribution in [-0.4, -0.2) is 102 Å². The highest BCUT2D eigenvalue weighted by molar-refractivity contribution is 8.04. The largest absolute Gasteiger partial charge is 0.485 e. The molecular weight excluding hydrogens is 981 g/mol. The summed E-state index contributed by atoms with van der Waals surface area (Å²) in [6, 6.07) is 32.4. The fraction of sp³-hybridized carbons (Fsp3) is 0.417. The van der Waals surface area contributed by atoms with Gasteiger partial charge in [0.15, 0.2) is 6.20 Å². The number of amides is 2. The van der Waals surface area contributed by atoms with Crippen LogP contribution in [0.15, 0.2) is 130 Å². The predicted molar refractivity (Wildman–Crippen MR) is 300 cm³/mol. The number of thioether (sulfide) groups is 2. The minimum absolute atomic E-state index is 0.0547. The molecule has 6 aliphatic rings.